The third-order valence-corrected chi connectivity index (χ3v) is 7.07. The van der Waals surface area contributed by atoms with Crippen LogP contribution in [0.1, 0.15) is 34.1 Å². The SMILES string of the molecule is CCOC(=O)c1c(CSc2ccc(CN)cc2)n(C)c2cc(Br)c(O)c(Cn3cncn3)c12. The van der Waals surface area contributed by atoms with Crippen molar-refractivity contribution in [3.05, 3.63) is 69.8 Å². The molecule has 2 aromatic carbocycles. The molecule has 172 valence electrons. The zero-order valence-corrected chi connectivity index (χ0v) is 20.7. The molecule has 0 aliphatic rings. The lowest BCUT2D eigenvalue weighted by atomic mass is 10.0. The Hall–Kier alpha value is -2.82. The normalized spacial score (nSPS) is 11.3. The van der Waals surface area contributed by atoms with E-state index >= 15 is 0 Å². The highest BCUT2D eigenvalue weighted by Crippen LogP contribution is 2.41. The maximum absolute atomic E-state index is 13.2. The Morgan fingerprint density at radius 1 is 1.30 bits per heavy atom. The zero-order chi connectivity index (χ0) is 23.5. The summed E-state index contributed by atoms with van der Waals surface area (Å²) in [6.07, 6.45) is 3.00. The van der Waals surface area contributed by atoms with Crippen LogP contribution in [0, 0.1) is 0 Å². The number of phenolic OH excluding ortho intramolecular Hbond substituents is 1. The number of nitrogens with two attached hydrogens (primary N) is 1. The summed E-state index contributed by atoms with van der Waals surface area (Å²) >= 11 is 5.08. The molecule has 2 heterocycles. The van der Waals surface area contributed by atoms with Gasteiger partial charge in [0, 0.05) is 40.9 Å². The van der Waals surface area contributed by atoms with Gasteiger partial charge in [0.2, 0.25) is 0 Å². The van der Waals surface area contributed by atoms with E-state index in [2.05, 4.69) is 26.0 Å². The molecule has 10 heteroatoms. The summed E-state index contributed by atoms with van der Waals surface area (Å²) in [4.78, 5) is 18.2. The number of ether oxygens (including phenoxy) is 1. The summed E-state index contributed by atoms with van der Waals surface area (Å²) in [5.74, 6) is 0.187. The number of aryl methyl sites for hydroxylation is 1. The lowest BCUT2D eigenvalue weighted by molar-refractivity contribution is 0.0527. The molecule has 0 bridgehead atoms. The van der Waals surface area contributed by atoms with E-state index in [9.17, 15) is 9.90 Å². The maximum Gasteiger partial charge on any atom is 0.340 e. The van der Waals surface area contributed by atoms with E-state index in [4.69, 9.17) is 10.5 Å². The van der Waals surface area contributed by atoms with E-state index in [-0.39, 0.29) is 18.9 Å². The summed E-state index contributed by atoms with van der Waals surface area (Å²) in [6.45, 7) is 2.78. The van der Waals surface area contributed by atoms with Gasteiger partial charge in [-0.1, -0.05) is 12.1 Å². The van der Waals surface area contributed by atoms with E-state index in [1.165, 1.54) is 6.33 Å². The summed E-state index contributed by atoms with van der Waals surface area (Å²) < 4.78 is 9.56. The molecule has 0 unspecified atom stereocenters. The summed E-state index contributed by atoms with van der Waals surface area (Å²) in [5.41, 5.74) is 9.42. The third kappa shape index (κ3) is 4.64. The first-order valence-electron chi connectivity index (χ1n) is 10.4. The molecule has 8 nitrogen and oxygen atoms in total. The number of esters is 1. The molecule has 0 aliphatic carbocycles. The molecular weight excluding hydrogens is 506 g/mol. The second-order valence-corrected chi connectivity index (χ2v) is 9.31. The number of carbonyl (C=O) groups is 1. The Morgan fingerprint density at radius 3 is 2.70 bits per heavy atom. The maximum atomic E-state index is 13.2. The number of aromatic nitrogens is 4. The Balaban J connectivity index is 1.85. The molecule has 0 saturated heterocycles. The Morgan fingerprint density at radius 2 is 2.06 bits per heavy atom. The smallest absolute Gasteiger partial charge is 0.340 e. The van der Waals surface area contributed by atoms with Gasteiger partial charge in [-0.15, -0.1) is 11.8 Å². The van der Waals surface area contributed by atoms with Crippen molar-refractivity contribution in [2.75, 3.05) is 6.61 Å². The fraction of sp³-hybridized carbons (Fsp3) is 0.261. The zero-order valence-electron chi connectivity index (χ0n) is 18.3. The van der Waals surface area contributed by atoms with E-state index < -0.39 is 5.97 Å². The molecule has 4 aromatic rings. The van der Waals surface area contributed by atoms with Crippen molar-refractivity contribution >= 4 is 44.6 Å². The predicted molar refractivity (Wildman–Crippen MR) is 131 cm³/mol. The minimum Gasteiger partial charge on any atom is -0.506 e. The van der Waals surface area contributed by atoms with Gasteiger partial charge in [-0.3, -0.25) is 0 Å². The van der Waals surface area contributed by atoms with Gasteiger partial charge in [0.25, 0.3) is 0 Å². The van der Waals surface area contributed by atoms with Crippen molar-refractivity contribution in [1.29, 1.82) is 0 Å². The van der Waals surface area contributed by atoms with E-state index in [0.29, 0.717) is 33.3 Å². The van der Waals surface area contributed by atoms with Gasteiger partial charge in [-0.25, -0.2) is 14.5 Å². The molecule has 0 spiro atoms. The fourth-order valence-electron chi connectivity index (χ4n) is 3.77. The van der Waals surface area contributed by atoms with Crippen LogP contribution in [0.4, 0.5) is 0 Å². The van der Waals surface area contributed by atoms with Gasteiger partial charge in [0.1, 0.15) is 18.4 Å². The topological polar surface area (TPSA) is 108 Å². The van der Waals surface area contributed by atoms with Crippen LogP contribution in [0.2, 0.25) is 0 Å². The van der Waals surface area contributed by atoms with Gasteiger partial charge < -0.3 is 20.1 Å². The molecule has 0 saturated carbocycles. The monoisotopic (exact) mass is 529 g/mol. The number of rotatable bonds is 8. The van der Waals surface area contributed by atoms with Crippen LogP contribution in [-0.2, 0) is 30.6 Å². The van der Waals surface area contributed by atoms with Crippen molar-refractivity contribution < 1.29 is 14.6 Å². The Labute approximate surface area is 203 Å². The van der Waals surface area contributed by atoms with Gasteiger partial charge in [0.05, 0.1) is 28.7 Å². The number of hydrogen-bond acceptors (Lipinski definition) is 7. The molecular formula is C23H24BrN5O3S. The number of phenols is 1. The molecule has 0 radical (unpaired) electrons. The molecule has 0 aliphatic heterocycles. The van der Waals surface area contributed by atoms with Crippen LogP contribution in [-0.4, -0.2) is 37.0 Å². The number of fused-ring (bicyclic) bond motifs is 1. The highest BCUT2D eigenvalue weighted by Gasteiger charge is 2.27. The summed E-state index contributed by atoms with van der Waals surface area (Å²) in [7, 11) is 1.92. The molecule has 33 heavy (non-hydrogen) atoms. The Bertz CT molecular complexity index is 1290. The third-order valence-electron chi connectivity index (χ3n) is 5.44. The summed E-state index contributed by atoms with van der Waals surface area (Å²) in [6, 6.07) is 9.88. The van der Waals surface area contributed by atoms with Crippen molar-refractivity contribution in [3.63, 3.8) is 0 Å². The number of benzene rings is 2. The number of halogens is 1. The first kappa shape index (κ1) is 23.3. The molecule has 4 rings (SSSR count). The molecule has 2 aromatic heterocycles. The number of hydrogen-bond donors (Lipinski definition) is 2. The van der Waals surface area contributed by atoms with Crippen LogP contribution in [0.15, 0.2) is 52.4 Å². The molecule has 0 fully saturated rings. The predicted octanol–water partition coefficient (Wildman–Crippen LogP) is 4.21. The average molecular weight is 530 g/mol. The number of aromatic hydroxyl groups is 1. The summed E-state index contributed by atoms with van der Waals surface area (Å²) in [5, 5.41) is 15.7. The highest BCUT2D eigenvalue weighted by molar-refractivity contribution is 9.10. The van der Waals surface area contributed by atoms with Crippen LogP contribution < -0.4 is 5.73 Å². The molecule has 0 atom stereocenters. The minimum atomic E-state index is -0.418. The van der Waals surface area contributed by atoms with Crippen molar-refractivity contribution in [3.8, 4) is 5.75 Å². The number of thioether (sulfide) groups is 1. The molecule has 0 amide bonds. The van der Waals surface area contributed by atoms with Crippen molar-refractivity contribution in [2.45, 2.75) is 30.7 Å². The second-order valence-electron chi connectivity index (χ2n) is 7.41. The Kier molecular flexibility index (Phi) is 7.06. The number of nitrogens with zero attached hydrogens (tertiary/aromatic N) is 4. The highest BCUT2D eigenvalue weighted by atomic mass is 79.9. The minimum absolute atomic E-state index is 0.0609. The van der Waals surface area contributed by atoms with Crippen LogP contribution in [0.3, 0.4) is 0 Å². The lowest BCUT2D eigenvalue weighted by Gasteiger charge is -2.11. The first-order valence-corrected chi connectivity index (χ1v) is 12.1. The largest absolute Gasteiger partial charge is 0.506 e. The molecule has 3 N–H and O–H groups in total. The van der Waals surface area contributed by atoms with Gasteiger partial charge in [0.15, 0.2) is 0 Å². The van der Waals surface area contributed by atoms with Crippen molar-refractivity contribution in [1.82, 2.24) is 19.3 Å². The standard InChI is InChI=1S/C23H24BrN5O3S/c1-3-32-23(31)21-19(11-33-15-6-4-14(9-25)5-7-15)28(2)18-8-17(24)22(30)16(20(18)21)10-29-13-26-12-27-29/h4-8,12-13,30H,3,9-11,25H2,1-2H3. The van der Waals surface area contributed by atoms with E-state index in [1.54, 1.807) is 29.7 Å². The number of carbonyl (C=O) groups excluding carboxylic acids is 1. The van der Waals surface area contributed by atoms with Crippen molar-refractivity contribution in [2.24, 2.45) is 12.8 Å². The second kappa shape index (κ2) is 9.98. The van der Waals surface area contributed by atoms with Crippen LogP contribution in [0.25, 0.3) is 10.9 Å². The van der Waals surface area contributed by atoms with E-state index in [1.807, 2.05) is 41.9 Å². The first-order chi connectivity index (χ1) is 15.9. The van der Waals surface area contributed by atoms with Gasteiger partial charge >= 0.3 is 5.97 Å². The van der Waals surface area contributed by atoms with Gasteiger partial charge in [-0.05, 0) is 46.6 Å². The van der Waals surface area contributed by atoms with Crippen LogP contribution >= 0.6 is 27.7 Å². The fourth-order valence-corrected chi connectivity index (χ4v) is 5.20. The quantitative estimate of drug-likeness (QED) is 0.260. The van der Waals surface area contributed by atoms with E-state index in [0.717, 1.165) is 21.7 Å². The lowest BCUT2D eigenvalue weighted by Crippen LogP contribution is -2.09. The van der Waals surface area contributed by atoms with Gasteiger partial charge in [-0.2, -0.15) is 5.10 Å². The van der Waals surface area contributed by atoms with Crippen LogP contribution in [0.5, 0.6) is 5.75 Å². The average Bonchev–Trinajstić information content (AvgIpc) is 3.42.